The number of fused-ring (bicyclic) bond motifs is 1. The van der Waals surface area contributed by atoms with Crippen LogP contribution in [0.3, 0.4) is 0 Å². The Morgan fingerprint density at radius 2 is 2.14 bits per heavy atom. The quantitative estimate of drug-likeness (QED) is 0.722. The molecule has 0 aliphatic carbocycles. The molecule has 1 saturated heterocycles. The number of hydrogen-bond acceptors (Lipinski definition) is 6. The molecule has 0 radical (unpaired) electrons. The predicted octanol–water partition coefficient (Wildman–Crippen LogP) is 3.41. The van der Waals surface area contributed by atoms with Gasteiger partial charge in [0.1, 0.15) is 6.10 Å². The van der Waals surface area contributed by atoms with Crippen LogP contribution in [0, 0.1) is 0 Å². The molecule has 4 rings (SSSR count). The lowest BCUT2D eigenvalue weighted by Gasteiger charge is -2.27. The molecule has 2 atom stereocenters. The Morgan fingerprint density at radius 3 is 2.96 bits per heavy atom. The molecule has 0 spiro atoms. The number of pyridine rings is 2. The van der Waals surface area contributed by atoms with Crippen LogP contribution >= 0.6 is 0 Å². The monoisotopic (exact) mass is 378 g/mol. The van der Waals surface area contributed by atoms with Crippen molar-refractivity contribution in [3.8, 4) is 5.88 Å². The predicted molar refractivity (Wildman–Crippen MR) is 107 cm³/mol. The smallest absolute Gasteiger partial charge is 0.276 e. The van der Waals surface area contributed by atoms with Crippen LogP contribution in [0.2, 0.25) is 0 Å². The minimum atomic E-state index is -0.348. The zero-order valence-corrected chi connectivity index (χ0v) is 15.6. The van der Waals surface area contributed by atoms with Crippen molar-refractivity contribution < 1.29 is 14.3 Å². The number of nitrogens with zero attached hydrogens (tertiary/aromatic N) is 2. The van der Waals surface area contributed by atoms with Crippen molar-refractivity contribution in [3.05, 3.63) is 54.5 Å². The molecule has 1 fully saturated rings. The zero-order valence-electron chi connectivity index (χ0n) is 15.6. The number of aromatic nitrogens is 2. The summed E-state index contributed by atoms with van der Waals surface area (Å²) < 4.78 is 11.7. The van der Waals surface area contributed by atoms with Crippen LogP contribution < -0.4 is 15.8 Å². The molecular weight excluding hydrogens is 356 g/mol. The van der Waals surface area contributed by atoms with Crippen molar-refractivity contribution in [1.29, 1.82) is 0 Å². The van der Waals surface area contributed by atoms with Gasteiger partial charge in [-0.15, -0.1) is 0 Å². The van der Waals surface area contributed by atoms with Crippen molar-refractivity contribution >= 4 is 28.1 Å². The number of anilines is 2. The molecule has 7 nitrogen and oxygen atoms in total. The molecule has 1 aromatic carbocycles. The number of carbonyl (C=O) groups excluding carboxylic acids is 1. The van der Waals surface area contributed by atoms with Crippen molar-refractivity contribution in [2.24, 2.45) is 0 Å². The number of benzene rings is 1. The van der Waals surface area contributed by atoms with Gasteiger partial charge in [-0.1, -0.05) is 0 Å². The van der Waals surface area contributed by atoms with E-state index in [9.17, 15) is 4.79 Å². The normalized spacial score (nSPS) is 19.3. The van der Waals surface area contributed by atoms with Crippen molar-refractivity contribution in [2.45, 2.75) is 32.0 Å². The number of ether oxygens (including phenoxy) is 2. The Labute approximate surface area is 162 Å². The topological polar surface area (TPSA) is 99.4 Å². The molecule has 2 unspecified atom stereocenters. The fourth-order valence-electron chi connectivity index (χ4n) is 3.34. The number of nitrogens with one attached hydrogen (secondary N) is 1. The van der Waals surface area contributed by atoms with E-state index in [0.717, 1.165) is 23.6 Å². The van der Waals surface area contributed by atoms with Gasteiger partial charge in [0.15, 0.2) is 5.69 Å². The molecule has 144 valence electrons. The number of nitrogens with two attached hydrogens (primary N) is 1. The number of nitrogen functional groups attached to an aromatic ring is 1. The van der Waals surface area contributed by atoms with Gasteiger partial charge in [-0.05, 0) is 48.7 Å². The summed E-state index contributed by atoms with van der Waals surface area (Å²) in [4.78, 5) is 20.9. The van der Waals surface area contributed by atoms with Gasteiger partial charge in [-0.2, -0.15) is 0 Å². The molecule has 3 heterocycles. The Hall–Kier alpha value is -3.19. The minimum Gasteiger partial charge on any atom is -0.474 e. The number of carbonyl (C=O) groups is 1. The van der Waals surface area contributed by atoms with Crippen molar-refractivity contribution in [1.82, 2.24) is 9.97 Å². The van der Waals surface area contributed by atoms with Crippen molar-refractivity contribution in [2.75, 3.05) is 17.7 Å². The Bertz CT molecular complexity index is 1010. The van der Waals surface area contributed by atoms with Gasteiger partial charge in [0.2, 0.25) is 5.88 Å². The number of hydrogen-bond donors (Lipinski definition) is 2. The van der Waals surface area contributed by atoms with Gasteiger partial charge < -0.3 is 20.5 Å². The highest BCUT2D eigenvalue weighted by Gasteiger charge is 2.22. The molecule has 2 aromatic heterocycles. The lowest BCUT2D eigenvalue weighted by Crippen LogP contribution is -2.31. The molecule has 0 bridgehead atoms. The second-order valence-electron chi connectivity index (χ2n) is 6.89. The van der Waals surface area contributed by atoms with E-state index in [1.165, 1.54) is 6.20 Å². The van der Waals surface area contributed by atoms with Gasteiger partial charge in [0, 0.05) is 36.3 Å². The van der Waals surface area contributed by atoms with Crippen LogP contribution in [0.25, 0.3) is 10.8 Å². The highest BCUT2D eigenvalue weighted by atomic mass is 16.5. The van der Waals surface area contributed by atoms with E-state index in [1.54, 1.807) is 18.3 Å². The molecular formula is C21H22N4O3. The van der Waals surface area contributed by atoms with Crippen LogP contribution in [0.15, 0.2) is 48.8 Å². The molecule has 1 amide bonds. The maximum Gasteiger partial charge on any atom is 0.276 e. The standard InChI is InChI=1S/C21H22N4O3/c1-13-11-16(7-10-27-13)28-21-17-5-4-15(12-14(17)6-9-24-21)25-20(26)19-18(22)3-2-8-23-19/h2-6,8-9,12-13,16H,7,10-11,22H2,1H3,(H,25,26). The van der Waals surface area contributed by atoms with Crippen LogP contribution in [0.4, 0.5) is 11.4 Å². The van der Waals surface area contributed by atoms with Crippen LogP contribution in [-0.4, -0.2) is 34.7 Å². The fourth-order valence-corrected chi connectivity index (χ4v) is 3.34. The fraction of sp³-hybridized carbons (Fsp3) is 0.286. The third kappa shape index (κ3) is 3.89. The van der Waals surface area contributed by atoms with E-state index in [0.29, 0.717) is 23.9 Å². The maximum atomic E-state index is 12.4. The molecule has 7 heteroatoms. The molecule has 3 N–H and O–H groups in total. The summed E-state index contributed by atoms with van der Waals surface area (Å²) in [6, 6.07) is 10.8. The summed E-state index contributed by atoms with van der Waals surface area (Å²) in [5, 5.41) is 4.67. The van der Waals surface area contributed by atoms with Crippen LogP contribution in [-0.2, 0) is 4.74 Å². The molecule has 28 heavy (non-hydrogen) atoms. The Morgan fingerprint density at radius 1 is 1.25 bits per heavy atom. The van der Waals surface area contributed by atoms with Crippen LogP contribution in [0.1, 0.15) is 30.3 Å². The third-order valence-corrected chi connectivity index (χ3v) is 4.76. The van der Waals surface area contributed by atoms with Gasteiger partial charge >= 0.3 is 0 Å². The van der Waals surface area contributed by atoms with Crippen LogP contribution in [0.5, 0.6) is 5.88 Å². The lowest BCUT2D eigenvalue weighted by molar-refractivity contribution is -0.0259. The maximum absolute atomic E-state index is 12.4. The van der Waals surface area contributed by atoms with Gasteiger partial charge in [-0.3, -0.25) is 4.79 Å². The molecule has 0 saturated carbocycles. The zero-order chi connectivity index (χ0) is 19.5. The first kappa shape index (κ1) is 18.2. The van der Waals surface area contributed by atoms with E-state index >= 15 is 0 Å². The average Bonchev–Trinajstić information content (AvgIpc) is 2.68. The Balaban J connectivity index is 1.55. The first-order valence-corrected chi connectivity index (χ1v) is 9.29. The summed E-state index contributed by atoms with van der Waals surface area (Å²) in [5.74, 6) is 0.252. The second-order valence-corrected chi connectivity index (χ2v) is 6.89. The van der Waals surface area contributed by atoms with E-state index in [1.807, 2.05) is 24.3 Å². The summed E-state index contributed by atoms with van der Waals surface area (Å²) in [5.41, 5.74) is 7.02. The molecule has 1 aliphatic rings. The largest absolute Gasteiger partial charge is 0.474 e. The number of rotatable bonds is 4. The first-order chi connectivity index (χ1) is 13.6. The van der Waals surface area contributed by atoms with Gasteiger partial charge in [-0.25, -0.2) is 9.97 Å². The Kier molecular flexibility index (Phi) is 5.08. The van der Waals surface area contributed by atoms with Crippen molar-refractivity contribution in [3.63, 3.8) is 0 Å². The SMILES string of the molecule is CC1CC(Oc2nccc3cc(NC(=O)c4ncccc4N)ccc23)CCO1. The highest BCUT2D eigenvalue weighted by Crippen LogP contribution is 2.29. The van der Waals surface area contributed by atoms with E-state index in [4.69, 9.17) is 15.2 Å². The molecule has 1 aliphatic heterocycles. The summed E-state index contributed by atoms with van der Waals surface area (Å²) in [6.07, 6.45) is 5.23. The van der Waals surface area contributed by atoms with Gasteiger partial charge in [0.25, 0.3) is 5.91 Å². The molecule has 3 aromatic rings. The summed E-state index contributed by atoms with van der Waals surface area (Å²) in [7, 11) is 0. The lowest BCUT2D eigenvalue weighted by atomic mass is 10.1. The minimum absolute atomic E-state index is 0.0911. The number of amides is 1. The van der Waals surface area contributed by atoms with E-state index < -0.39 is 0 Å². The van der Waals surface area contributed by atoms with Gasteiger partial charge in [0.05, 0.1) is 18.4 Å². The first-order valence-electron chi connectivity index (χ1n) is 9.29. The summed E-state index contributed by atoms with van der Waals surface area (Å²) in [6.45, 7) is 2.75. The average molecular weight is 378 g/mol. The highest BCUT2D eigenvalue weighted by molar-refractivity contribution is 6.07. The third-order valence-electron chi connectivity index (χ3n) is 4.76. The second kappa shape index (κ2) is 7.82. The van der Waals surface area contributed by atoms with E-state index in [-0.39, 0.29) is 23.8 Å². The van der Waals surface area contributed by atoms with E-state index in [2.05, 4.69) is 22.2 Å². The summed E-state index contributed by atoms with van der Waals surface area (Å²) >= 11 is 0.